The molecular formula is C48H87NO5. The molecule has 0 aliphatic carbocycles. The lowest BCUT2D eigenvalue weighted by atomic mass is 10.1. The summed E-state index contributed by atoms with van der Waals surface area (Å²) in [6.07, 6.45) is 52.4. The molecule has 0 aromatic carbocycles. The highest BCUT2D eigenvalue weighted by atomic mass is 16.5. The minimum Gasteiger partial charge on any atom is -0.466 e. The lowest BCUT2D eigenvalue weighted by molar-refractivity contribution is -0.143. The third-order valence-electron chi connectivity index (χ3n) is 10.1. The Hall–Kier alpha value is -2.18. The fourth-order valence-electron chi connectivity index (χ4n) is 6.48. The van der Waals surface area contributed by atoms with Crippen molar-refractivity contribution in [2.45, 2.75) is 231 Å². The molecule has 0 heterocycles. The number of rotatable bonds is 41. The van der Waals surface area contributed by atoms with Crippen molar-refractivity contribution >= 4 is 11.9 Å². The van der Waals surface area contributed by atoms with E-state index in [2.05, 4.69) is 55.6 Å². The van der Waals surface area contributed by atoms with Crippen molar-refractivity contribution in [2.24, 2.45) is 0 Å². The molecular weight excluding hydrogens is 671 g/mol. The van der Waals surface area contributed by atoms with Crippen LogP contribution < -0.4 is 5.32 Å². The molecule has 1 amide bonds. The number of allylic oxidation sites excluding steroid dienone is 7. The van der Waals surface area contributed by atoms with Gasteiger partial charge < -0.3 is 20.3 Å². The van der Waals surface area contributed by atoms with Crippen LogP contribution in [-0.2, 0) is 14.3 Å². The van der Waals surface area contributed by atoms with Gasteiger partial charge in [-0.1, -0.05) is 165 Å². The lowest BCUT2D eigenvalue weighted by Crippen LogP contribution is -2.45. The molecule has 0 rings (SSSR count). The van der Waals surface area contributed by atoms with E-state index in [1.54, 1.807) is 6.08 Å². The normalized spacial score (nSPS) is 13.2. The Morgan fingerprint density at radius 3 is 1.48 bits per heavy atom. The quantitative estimate of drug-likeness (QED) is 0.0328. The average molecular weight is 758 g/mol. The molecule has 3 N–H and O–H groups in total. The standard InChI is InChI=1S/C48H87NO5/c1-3-5-7-9-11-13-14-15-16-19-22-26-30-34-38-42-48(53)54-43-39-35-31-27-23-20-17-18-21-25-29-33-37-41-47(52)49-45(44-50)46(51)40-36-32-28-24-12-10-8-6-4-2/h11,13,15-16,18,21,36,40,45-46,50-51H,3-10,12,14,17,19-20,22-35,37-39,41-44H2,1-2H3,(H,49,52)/b13-11-,16-15-,21-18-,40-36+. The molecule has 0 aromatic rings. The largest absolute Gasteiger partial charge is 0.466 e. The van der Waals surface area contributed by atoms with E-state index in [1.807, 2.05) is 6.08 Å². The van der Waals surface area contributed by atoms with Gasteiger partial charge in [-0.3, -0.25) is 9.59 Å². The second kappa shape index (κ2) is 43.5. The van der Waals surface area contributed by atoms with Gasteiger partial charge in [-0.15, -0.1) is 0 Å². The predicted octanol–water partition coefficient (Wildman–Crippen LogP) is 13.1. The van der Waals surface area contributed by atoms with Crippen LogP contribution in [0, 0.1) is 0 Å². The Labute approximate surface area is 334 Å². The van der Waals surface area contributed by atoms with Gasteiger partial charge in [-0.25, -0.2) is 0 Å². The van der Waals surface area contributed by atoms with Gasteiger partial charge in [0.25, 0.3) is 0 Å². The van der Waals surface area contributed by atoms with Crippen molar-refractivity contribution in [3.8, 4) is 0 Å². The lowest BCUT2D eigenvalue weighted by Gasteiger charge is -2.19. The molecule has 0 aromatic heterocycles. The third-order valence-corrected chi connectivity index (χ3v) is 10.1. The highest BCUT2D eigenvalue weighted by Gasteiger charge is 2.17. The van der Waals surface area contributed by atoms with Gasteiger partial charge in [0.15, 0.2) is 0 Å². The maximum atomic E-state index is 12.3. The van der Waals surface area contributed by atoms with Crippen molar-refractivity contribution < 1.29 is 24.5 Å². The number of esters is 1. The Bertz CT molecular complexity index is 926. The number of carbonyl (C=O) groups excluding carboxylic acids is 2. The number of aliphatic hydroxyl groups is 2. The summed E-state index contributed by atoms with van der Waals surface area (Å²) in [6, 6.07) is -0.647. The number of hydrogen-bond acceptors (Lipinski definition) is 5. The van der Waals surface area contributed by atoms with E-state index >= 15 is 0 Å². The molecule has 314 valence electrons. The van der Waals surface area contributed by atoms with Gasteiger partial charge in [0.1, 0.15) is 0 Å². The first-order valence-electron chi connectivity index (χ1n) is 22.9. The zero-order chi connectivity index (χ0) is 39.4. The fraction of sp³-hybridized carbons (Fsp3) is 0.792. The van der Waals surface area contributed by atoms with Crippen LogP contribution in [0.25, 0.3) is 0 Å². The monoisotopic (exact) mass is 758 g/mol. The molecule has 2 atom stereocenters. The van der Waals surface area contributed by atoms with Crippen LogP contribution in [0.1, 0.15) is 219 Å². The number of ether oxygens (including phenoxy) is 1. The maximum absolute atomic E-state index is 12.3. The zero-order valence-corrected chi connectivity index (χ0v) is 35.4. The molecule has 0 aliphatic rings. The van der Waals surface area contributed by atoms with Crippen molar-refractivity contribution in [2.75, 3.05) is 13.2 Å². The molecule has 0 spiro atoms. The Morgan fingerprint density at radius 1 is 0.519 bits per heavy atom. The van der Waals surface area contributed by atoms with Crippen molar-refractivity contribution in [3.05, 3.63) is 48.6 Å². The second-order valence-corrected chi connectivity index (χ2v) is 15.4. The smallest absolute Gasteiger partial charge is 0.305 e. The molecule has 0 saturated heterocycles. The predicted molar refractivity (Wildman–Crippen MR) is 232 cm³/mol. The SMILES string of the molecule is CCCCC/C=C\C/C=C\CCCCCCCC(=O)OCCCCCCCC/C=C\CCCCCC(=O)NC(CO)C(O)/C=C/CCCCCCCCC. The maximum Gasteiger partial charge on any atom is 0.305 e. The number of nitrogens with one attached hydrogen (secondary N) is 1. The molecule has 0 radical (unpaired) electrons. The average Bonchev–Trinajstić information content (AvgIpc) is 3.17. The summed E-state index contributed by atoms with van der Waals surface area (Å²) >= 11 is 0. The minimum atomic E-state index is -0.860. The summed E-state index contributed by atoms with van der Waals surface area (Å²) in [5, 5.41) is 22.8. The summed E-state index contributed by atoms with van der Waals surface area (Å²) in [5.74, 6) is -0.134. The second-order valence-electron chi connectivity index (χ2n) is 15.4. The van der Waals surface area contributed by atoms with E-state index in [1.165, 1.54) is 109 Å². The molecule has 6 nitrogen and oxygen atoms in total. The first kappa shape index (κ1) is 51.8. The first-order chi connectivity index (χ1) is 26.5. The minimum absolute atomic E-state index is 0.0298. The first-order valence-corrected chi connectivity index (χ1v) is 22.9. The highest BCUT2D eigenvalue weighted by Crippen LogP contribution is 2.12. The van der Waals surface area contributed by atoms with Crippen molar-refractivity contribution in [1.29, 1.82) is 0 Å². The molecule has 0 fully saturated rings. The van der Waals surface area contributed by atoms with Crippen LogP contribution in [0.3, 0.4) is 0 Å². The van der Waals surface area contributed by atoms with Gasteiger partial charge in [0.05, 0.1) is 25.4 Å². The van der Waals surface area contributed by atoms with Crippen LogP contribution in [0.4, 0.5) is 0 Å². The van der Waals surface area contributed by atoms with E-state index in [0.717, 1.165) is 83.5 Å². The summed E-state index contributed by atoms with van der Waals surface area (Å²) in [6.45, 7) is 4.77. The number of unbranched alkanes of at least 4 members (excludes halogenated alkanes) is 24. The molecule has 2 unspecified atom stereocenters. The van der Waals surface area contributed by atoms with Gasteiger partial charge >= 0.3 is 5.97 Å². The van der Waals surface area contributed by atoms with Gasteiger partial charge in [0, 0.05) is 12.8 Å². The number of amides is 1. The van der Waals surface area contributed by atoms with Crippen LogP contribution in [0.2, 0.25) is 0 Å². The molecule has 0 saturated carbocycles. The van der Waals surface area contributed by atoms with Crippen molar-refractivity contribution in [1.82, 2.24) is 5.32 Å². The summed E-state index contributed by atoms with van der Waals surface area (Å²) in [4.78, 5) is 24.3. The molecule has 0 bridgehead atoms. The van der Waals surface area contributed by atoms with Gasteiger partial charge in [-0.2, -0.15) is 0 Å². The summed E-state index contributed by atoms with van der Waals surface area (Å²) < 4.78 is 5.44. The summed E-state index contributed by atoms with van der Waals surface area (Å²) in [7, 11) is 0. The van der Waals surface area contributed by atoms with Crippen molar-refractivity contribution in [3.63, 3.8) is 0 Å². The van der Waals surface area contributed by atoms with Crippen LogP contribution >= 0.6 is 0 Å². The highest BCUT2D eigenvalue weighted by molar-refractivity contribution is 5.76. The van der Waals surface area contributed by atoms with Crippen LogP contribution in [0.15, 0.2) is 48.6 Å². The van der Waals surface area contributed by atoms with E-state index in [4.69, 9.17) is 4.74 Å². The van der Waals surface area contributed by atoms with E-state index < -0.39 is 12.1 Å². The third kappa shape index (κ3) is 39.5. The van der Waals surface area contributed by atoms with E-state index in [9.17, 15) is 19.8 Å². The van der Waals surface area contributed by atoms with E-state index in [-0.39, 0.29) is 18.5 Å². The zero-order valence-electron chi connectivity index (χ0n) is 35.4. The van der Waals surface area contributed by atoms with Gasteiger partial charge in [0.2, 0.25) is 5.91 Å². The molecule has 0 aliphatic heterocycles. The molecule has 6 heteroatoms. The van der Waals surface area contributed by atoms with Crippen LogP contribution in [0.5, 0.6) is 0 Å². The fourth-order valence-corrected chi connectivity index (χ4v) is 6.48. The Kier molecular flexibility index (Phi) is 41.8. The molecule has 54 heavy (non-hydrogen) atoms. The van der Waals surface area contributed by atoms with E-state index in [0.29, 0.717) is 19.4 Å². The topological polar surface area (TPSA) is 95.9 Å². The number of hydrogen-bond donors (Lipinski definition) is 3. The number of aliphatic hydroxyl groups excluding tert-OH is 2. The summed E-state index contributed by atoms with van der Waals surface area (Å²) in [5.41, 5.74) is 0. The number of carbonyl (C=O) groups is 2. The van der Waals surface area contributed by atoms with Crippen LogP contribution in [-0.4, -0.2) is 47.4 Å². The Balaban J connectivity index is 3.53. The Morgan fingerprint density at radius 2 is 0.926 bits per heavy atom. The van der Waals surface area contributed by atoms with Gasteiger partial charge in [-0.05, 0) is 89.9 Å².